The van der Waals surface area contributed by atoms with Gasteiger partial charge < -0.3 is 8.83 Å². The van der Waals surface area contributed by atoms with E-state index in [1.165, 1.54) is 12.8 Å². The average Bonchev–Trinajstić information content (AvgIpc) is 3.13. The molecule has 3 heterocycles. The fourth-order valence-electron chi connectivity index (χ4n) is 1.92. The van der Waals surface area contributed by atoms with Gasteiger partial charge in [-0.05, 0) is 6.92 Å². The molecule has 0 spiro atoms. The molecule has 0 amide bonds. The van der Waals surface area contributed by atoms with Crippen molar-refractivity contribution in [2.24, 2.45) is 0 Å². The number of rotatable bonds is 6. The number of aromatic nitrogens is 3. The summed E-state index contributed by atoms with van der Waals surface area (Å²) in [6, 6.07) is 0. The highest BCUT2D eigenvalue weighted by Gasteiger charge is 2.13. The van der Waals surface area contributed by atoms with E-state index in [1.807, 2.05) is 6.92 Å². The predicted octanol–water partition coefficient (Wildman–Crippen LogP) is 2.63. The molecule has 0 aromatic carbocycles. The van der Waals surface area contributed by atoms with Gasteiger partial charge in [-0.3, -0.25) is 4.90 Å². The molecule has 3 aromatic rings. The molecular weight excluding hydrogens is 276 g/mol. The Balaban J connectivity index is 1.72. The zero-order valence-corrected chi connectivity index (χ0v) is 11.8. The third kappa shape index (κ3) is 3.31. The second-order valence-corrected chi connectivity index (χ2v) is 5.43. The van der Waals surface area contributed by atoms with Crippen LogP contribution in [-0.2, 0) is 19.6 Å². The van der Waals surface area contributed by atoms with Crippen molar-refractivity contribution in [1.82, 2.24) is 19.9 Å². The molecule has 0 radical (unpaired) electrons. The van der Waals surface area contributed by atoms with E-state index in [0.29, 0.717) is 13.1 Å². The van der Waals surface area contributed by atoms with Crippen molar-refractivity contribution < 1.29 is 8.83 Å². The Morgan fingerprint density at radius 3 is 2.15 bits per heavy atom. The zero-order chi connectivity index (χ0) is 13.8. The molecule has 20 heavy (non-hydrogen) atoms. The molecule has 0 aliphatic carbocycles. The van der Waals surface area contributed by atoms with Gasteiger partial charge in [0.2, 0.25) is 0 Å². The van der Waals surface area contributed by atoms with Crippen LogP contribution in [0.4, 0.5) is 0 Å². The molecule has 104 valence electrons. The first-order chi connectivity index (χ1) is 9.79. The Morgan fingerprint density at radius 2 is 1.70 bits per heavy atom. The van der Waals surface area contributed by atoms with Crippen LogP contribution in [0.5, 0.6) is 0 Å². The van der Waals surface area contributed by atoms with Gasteiger partial charge in [-0.15, -0.1) is 11.3 Å². The second kappa shape index (κ2) is 5.98. The number of hydrogen-bond acceptors (Lipinski definition) is 7. The Bertz CT molecular complexity index is 597. The van der Waals surface area contributed by atoms with Crippen molar-refractivity contribution >= 4 is 11.3 Å². The minimum atomic E-state index is 0.683. The monoisotopic (exact) mass is 290 g/mol. The van der Waals surface area contributed by atoms with Crippen LogP contribution in [0.2, 0.25) is 0 Å². The van der Waals surface area contributed by atoms with E-state index in [4.69, 9.17) is 8.83 Å². The molecular formula is C13H14N4O2S. The van der Waals surface area contributed by atoms with Gasteiger partial charge in [0.1, 0.15) is 17.5 Å². The molecule has 0 saturated heterocycles. The van der Waals surface area contributed by atoms with Crippen LogP contribution in [0.1, 0.15) is 22.1 Å². The van der Waals surface area contributed by atoms with Gasteiger partial charge in [-0.1, -0.05) is 0 Å². The summed E-state index contributed by atoms with van der Waals surface area (Å²) < 4.78 is 10.0. The fourth-order valence-corrected chi connectivity index (χ4v) is 2.74. The largest absolute Gasteiger partial charge is 0.451 e. The van der Waals surface area contributed by atoms with Crippen molar-refractivity contribution in [3.63, 3.8) is 0 Å². The molecule has 0 saturated carbocycles. The quantitative estimate of drug-likeness (QED) is 0.695. The van der Waals surface area contributed by atoms with Crippen LogP contribution in [0.3, 0.4) is 0 Å². The number of oxazole rings is 2. The van der Waals surface area contributed by atoms with Gasteiger partial charge in [-0.2, -0.15) is 0 Å². The number of thiazole rings is 1. The first-order valence-electron chi connectivity index (χ1n) is 6.17. The topological polar surface area (TPSA) is 68.2 Å². The lowest BCUT2D eigenvalue weighted by Crippen LogP contribution is -2.22. The van der Waals surface area contributed by atoms with Crippen LogP contribution in [0, 0.1) is 6.92 Å². The summed E-state index contributed by atoms with van der Waals surface area (Å²) in [5.41, 5.74) is 2.83. The van der Waals surface area contributed by atoms with E-state index in [2.05, 4.69) is 25.2 Å². The summed E-state index contributed by atoms with van der Waals surface area (Å²) >= 11 is 1.66. The second-order valence-electron chi connectivity index (χ2n) is 4.49. The SMILES string of the molecule is Cc1csc(CN(Cc2cocn2)Cc2cocn2)n1. The highest BCUT2D eigenvalue weighted by Crippen LogP contribution is 2.15. The first-order valence-corrected chi connectivity index (χ1v) is 7.05. The van der Waals surface area contributed by atoms with Gasteiger partial charge in [0.05, 0.1) is 17.9 Å². The Labute approximate surface area is 120 Å². The molecule has 0 fully saturated rings. The standard InChI is InChI=1S/C13H14N4O2S/c1-10-7-20-13(16-10)4-17(2-11-5-18-8-14-11)3-12-6-19-9-15-12/h5-9H,2-4H2,1H3. The third-order valence-electron chi connectivity index (χ3n) is 2.76. The van der Waals surface area contributed by atoms with E-state index in [9.17, 15) is 0 Å². The van der Waals surface area contributed by atoms with Gasteiger partial charge >= 0.3 is 0 Å². The van der Waals surface area contributed by atoms with E-state index >= 15 is 0 Å². The summed E-state index contributed by atoms with van der Waals surface area (Å²) in [6.07, 6.45) is 6.19. The maximum Gasteiger partial charge on any atom is 0.180 e. The average molecular weight is 290 g/mol. The van der Waals surface area contributed by atoms with Crippen LogP contribution in [0.15, 0.2) is 39.5 Å². The predicted molar refractivity (Wildman–Crippen MR) is 72.8 cm³/mol. The fraction of sp³-hybridized carbons (Fsp3) is 0.308. The molecule has 0 bridgehead atoms. The van der Waals surface area contributed by atoms with Crippen LogP contribution in [0.25, 0.3) is 0 Å². The molecule has 0 aliphatic heterocycles. The highest BCUT2D eigenvalue weighted by molar-refractivity contribution is 7.09. The Kier molecular flexibility index (Phi) is 3.89. The molecule has 6 nitrogen and oxygen atoms in total. The van der Waals surface area contributed by atoms with E-state index < -0.39 is 0 Å². The van der Waals surface area contributed by atoms with Gasteiger partial charge in [0.15, 0.2) is 12.8 Å². The van der Waals surface area contributed by atoms with Crippen molar-refractivity contribution in [1.29, 1.82) is 0 Å². The van der Waals surface area contributed by atoms with Crippen LogP contribution in [-0.4, -0.2) is 19.9 Å². The molecule has 0 atom stereocenters. The molecule has 7 heteroatoms. The molecule has 0 N–H and O–H groups in total. The first kappa shape index (κ1) is 13.0. The van der Waals surface area contributed by atoms with Crippen molar-refractivity contribution in [2.75, 3.05) is 0 Å². The van der Waals surface area contributed by atoms with Gasteiger partial charge in [0.25, 0.3) is 0 Å². The lowest BCUT2D eigenvalue weighted by Gasteiger charge is -2.18. The molecule has 3 aromatic heterocycles. The van der Waals surface area contributed by atoms with Crippen LogP contribution >= 0.6 is 11.3 Å². The Hall–Kier alpha value is -1.99. The molecule has 0 aliphatic rings. The van der Waals surface area contributed by atoms with Crippen LogP contribution < -0.4 is 0 Å². The third-order valence-corrected chi connectivity index (χ3v) is 3.72. The number of aryl methyl sites for hydroxylation is 1. The summed E-state index contributed by atoms with van der Waals surface area (Å²) in [4.78, 5) is 15.0. The number of nitrogens with zero attached hydrogens (tertiary/aromatic N) is 4. The summed E-state index contributed by atoms with van der Waals surface area (Å²) in [5, 5.41) is 3.13. The number of hydrogen-bond donors (Lipinski definition) is 0. The zero-order valence-electron chi connectivity index (χ0n) is 11.0. The lowest BCUT2D eigenvalue weighted by molar-refractivity contribution is 0.241. The summed E-state index contributed by atoms with van der Waals surface area (Å²) in [5.74, 6) is 0. The van der Waals surface area contributed by atoms with E-state index in [-0.39, 0.29) is 0 Å². The van der Waals surface area contributed by atoms with E-state index in [1.54, 1.807) is 23.9 Å². The smallest absolute Gasteiger partial charge is 0.180 e. The van der Waals surface area contributed by atoms with Crippen molar-refractivity contribution in [2.45, 2.75) is 26.6 Å². The highest BCUT2D eigenvalue weighted by atomic mass is 32.1. The van der Waals surface area contributed by atoms with E-state index in [0.717, 1.165) is 28.6 Å². The minimum Gasteiger partial charge on any atom is -0.451 e. The normalized spacial score (nSPS) is 11.3. The van der Waals surface area contributed by atoms with Gasteiger partial charge in [-0.25, -0.2) is 15.0 Å². The summed E-state index contributed by atoms with van der Waals surface area (Å²) in [7, 11) is 0. The van der Waals surface area contributed by atoms with Crippen molar-refractivity contribution in [3.05, 3.63) is 52.8 Å². The van der Waals surface area contributed by atoms with Gasteiger partial charge in [0, 0.05) is 24.2 Å². The lowest BCUT2D eigenvalue weighted by atomic mass is 10.3. The molecule has 0 unspecified atom stereocenters. The molecule has 3 rings (SSSR count). The maximum absolute atomic E-state index is 5.02. The summed E-state index contributed by atoms with van der Waals surface area (Å²) in [6.45, 7) is 4.11. The maximum atomic E-state index is 5.02. The minimum absolute atomic E-state index is 0.683. The Morgan fingerprint density at radius 1 is 1.05 bits per heavy atom. The van der Waals surface area contributed by atoms with Crippen molar-refractivity contribution in [3.8, 4) is 0 Å².